The summed E-state index contributed by atoms with van der Waals surface area (Å²) in [6, 6.07) is 16.8. The van der Waals surface area contributed by atoms with Crippen molar-refractivity contribution in [3.05, 3.63) is 65.7 Å². The molecule has 0 unspecified atom stereocenters. The predicted octanol–water partition coefficient (Wildman–Crippen LogP) is 3.44. The largest absolute Gasteiger partial charge is 0.338 e. The fraction of sp³-hybridized carbons (Fsp3) is 0.409. The van der Waals surface area contributed by atoms with E-state index >= 15 is 0 Å². The highest BCUT2D eigenvalue weighted by atomic mass is 32.2. The van der Waals surface area contributed by atoms with E-state index in [1.165, 1.54) is 4.31 Å². The summed E-state index contributed by atoms with van der Waals surface area (Å²) >= 11 is 0. The zero-order valence-corrected chi connectivity index (χ0v) is 17.4. The van der Waals surface area contributed by atoms with E-state index in [-0.39, 0.29) is 18.4 Å². The minimum absolute atomic E-state index is 0.0372. The Labute approximate surface area is 168 Å². The molecule has 3 rings (SSSR count). The molecule has 1 aliphatic heterocycles. The maximum Gasteiger partial charge on any atom is 0.243 e. The number of hydrogen-bond donors (Lipinski definition) is 0. The van der Waals surface area contributed by atoms with Crippen molar-refractivity contribution in [3.8, 4) is 0 Å². The summed E-state index contributed by atoms with van der Waals surface area (Å²) in [6.45, 7) is 5.76. The van der Waals surface area contributed by atoms with Gasteiger partial charge in [-0.15, -0.1) is 0 Å². The van der Waals surface area contributed by atoms with Crippen molar-refractivity contribution in [2.75, 3.05) is 19.6 Å². The highest BCUT2D eigenvalue weighted by Crippen LogP contribution is 2.25. The van der Waals surface area contributed by atoms with Crippen molar-refractivity contribution in [1.82, 2.24) is 9.21 Å². The molecule has 0 saturated carbocycles. The standard InChI is InChI=1S/C22H28N2O3S/c1-3-23(16-19-8-5-4-6-9-19)22(25)20-10-7-15-24(17-20)28(26,27)21-13-11-18(2)12-14-21/h4-6,8-9,11-14,20H,3,7,10,15-17H2,1-2H3/t20-/m1/s1. The van der Waals surface area contributed by atoms with E-state index in [2.05, 4.69) is 0 Å². The Balaban J connectivity index is 1.72. The Bertz CT molecular complexity index is 895. The summed E-state index contributed by atoms with van der Waals surface area (Å²) in [5, 5.41) is 0. The van der Waals surface area contributed by atoms with Crippen LogP contribution < -0.4 is 0 Å². The van der Waals surface area contributed by atoms with Gasteiger partial charge in [-0.3, -0.25) is 4.79 Å². The Hall–Kier alpha value is -2.18. The SMILES string of the molecule is CCN(Cc1ccccc1)C(=O)[C@@H]1CCCN(S(=O)(=O)c2ccc(C)cc2)C1. The fourth-order valence-electron chi connectivity index (χ4n) is 3.63. The number of carbonyl (C=O) groups is 1. The zero-order chi connectivity index (χ0) is 20.1. The fourth-order valence-corrected chi connectivity index (χ4v) is 5.15. The third-order valence-corrected chi connectivity index (χ3v) is 7.18. The number of benzene rings is 2. The number of hydrogen-bond acceptors (Lipinski definition) is 3. The second-order valence-corrected chi connectivity index (χ2v) is 9.29. The topological polar surface area (TPSA) is 57.7 Å². The summed E-state index contributed by atoms with van der Waals surface area (Å²) in [6.07, 6.45) is 1.43. The molecule has 1 saturated heterocycles. The zero-order valence-electron chi connectivity index (χ0n) is 16.5. The molecule has 1 amide bonds. The monoisotopic (exact) mass is 400 g/mol. The van der Waals surface area contributed by atoms with Crippen LogP contribution in [0.2, 0.25) is 0 Å². The van der Waals surface area contributed by atoms with Crippen molar-refractivity contribution >= 4 is 15.9 Å². The number of carbonyl (C=O) groups excluding carboxylic acids is 1. The van der Waals surface area contributed by atoms with Crippen LogP contribution in [-0.2, 0) is 21.4 Å². The molecule has 5 nitrogen and oxygen atoms in total. The third kappa shape index (κ3) is 4.62. The molecule has 1 fully saturated rings. The molecule has 1 aliphatic rings. The summed E-state index contributed by atoms with van der Waals surface area (Å²) in [7, 11) is -3.57. The van der Waals surface area contributed by atoms with Gasteiger partial charge in [0, 0.05) is 26.2 Å². The first-order valence-electron chi connectivity index (χ1n) is 9.81. The average molecular weight is 401 g/mol. The van der Waals surface area contributed by atoms with E-state index in [1.54, 1.807) is 24.3 Å². The molecule has 0 spiro atoms. The van der Waals surface area contributed by atoms with Crippen LogP contribution in [0.1, 0.15) is 30.9 Å². The molecule has 1 heterocycles. The lowest BCUT2D eigenvalue weighted by Crippen LogP contribution is -2.46. The first-order chi connectivity index (χ1) is 13.4. The van der Waals surface area contributed by atoms with Crippen molar-refractivity contribution < 1.29 is 13.2 Å². The highest BCUT2D eigenvalue weighted by molar-refractivity contribution is 7.89. The second-order valence-electron chi connectivity index (χ2n) is 7.35. The Morgan fingerprint density at radius 3 is 2.43 bits per heavy atom. The van der Waals surface area contributed by atoms with Gasteiger partial charge in [-0.1, -0.05) is 48.0 Å². The van der Waals surface area contributed by atoms with E-state index in [1.807, 2.05) is 49.1 Å². The van der Waals surface area contributed by atoms with E-state index in [0.717, 1.165) is 17.5 Å². The smallest absolute Gasteiger partial charge is 0.243 e. The summed E-state index contributed by atoms with van der Waals surface area (Å²) < 4.78 is 27.5. The summed E-state index contributed by atoms with van der Waals surface area (Å²) in [5.41, 5.74) is 2.10. The van der Waals surface area contributed by atoms with E-state index in [9.17, 15) is 13.2 Å². The molecule has 1 atom stereocenters. The van der Waals surface area contributed by atoms with Crippen molar-refractivity contribution in [2.45, 2.75) is 38.1 Å². The van der Waals surface area contributed by atoms with Crippen LogP contribution in [0.3, 0.4) is 0 Å². The maximum absolute atomic E-state index is 13.1. The summed E-state index contributed by atoms with van der Waals surface area (Å²) in [5.74, 6) is -0.257. The van der Waals surface area contributed by atoms with E-state index in [0.29, 0.717) is 31.0 Å². The van der Waals surface area contributed by atoms with Gasteiger partial charge >= 0.3 is 0 Å². The van der Waals surface area contributed by atoms with Gasteiger partial charge in [-0.05, 0) is 44.4 Å². The molecule has 0 radical (unpaired) electrons. The van der Waals surface area contributed by atoms with Crippen molar-refractivity contribution in [1.29, 1.82) is 0 Å². The first kappa shape index (κ1) is 20.6. The van der Waals surface area contributed by atoms with Crippen LogP contribution in [-0.4, -0.2) is 43.2 Å². The lowest BCUT2D eigenvalue weighted by Gasteiger charge is -2.34. The number of amides is 1. The number of piperidine rings is 1. The van der Waals surface area contributed by atoms with Gasteiger partial charge in [-0.25, -0.2) is 8.42 Å². The van der Waals surface area contributed by atoms with E-state index < -0.39 is 10.0 Å². The van der Waals surface area contributed by atoms with Gasteiger partial charge in [0.25, 0.3) is 0 Å². The van der Waals surface area contributed by atoms with Gasteiger partial charge in [0.2, 0.25) is 15.9 Å². The van der Waals surface area contributed by atoms with Crippen LogP contribution in [0.25, 0.3) is 0 Å². The minimum Gasteiger partial charge on any atom is -0.338 e. The normalized spacial score (nSPS) is 18.0. The summed E-state index contributed by atoms with van der Waals surface area (Å²) in [4.78, 5) is 15.2. The highest BCUT2D eigenvalue weighted by Gasteiger charge is 2.34. The Kier molecular flexibility index (Phi) is 6.52. The van der Waals surface area contributed by atoms with Crippen molar-refractivity contribution in [3.63, 3.8) is 0 Å². The van der Waals surface area contributed by atoms with Crippen LogP contribution >= 0.6 is 0 Å². The molecule has 0 aromatic heterocycles. The Morgan fingerprint density at radius 1 is 1.11 bits per heavy atom. The van der Waals surface area contributed by atoms with Gasteiger partial charge in [-0.2, -0.15) is 4.31 Å². The Morgan fingerprint density at radius 2 is 1.79 bits per heavy atom. The number of nitrogens with zero attached hydrogens (tertiary/aromatic N) is 2. The molecule has 0 N–H and O–H groups in total. The first-order valence-corrected chi connectivity index (χ1v) is 11.3. The van der Waals surface area contributed by atoms with E-state index in [4.69, 9.17) is 0 Å². The van der Waals surface area contributed by atoms with Crippen LogP contribution in [0, 0.1) is 12.8 Å². The quantitative estimate of drug-likeness (QED) is 0.746. The van der Waals surface area contributed by atoms with Gasteiger partial charge < -0.3 is 4.90 Å². The maximum atomic E-state index is 13.1. The van der Waals surface area contributed by atoms with Crippen LogP contribution in [0.15, 0.2) is 59.5 Å². The molecule has 2 aromatic rings. The van der Waals surface area contributed by atoms with Crippen molar-refractivity contribution in [2.24, 2.45) is 5.92 Å². The minimum atomic E-state index is -3.57. The lowest BCUT2D eigenvalue weighted by molar-refractivity contribution is -0.137. The van der Waals surface area contributed by atoms with Gasteiger partial charge in [0.05, 0.1) is 10.8 Å². The van der Waals surface area contributed by atoms with Gasteiger partial charge in [0.1, 0.15) is 0 Å². The predicted molar refractivity (Wildman–Crippen MR) is 110 cm³/mol. The molecule has 6 heteroatoms. The second kappa shape index (κ2) is 8.88. The molecule has 0 bridgehead atoms. The lowest BCUT2D eigenvalue weighted by atomic mass is 9.98. The van der Waals surface area contributed by atoms with Crippen LogP contribution in [0.4, 0.5) is 0 Å². The van der Waals surface area contributed by atoms with Gasteiger partial charge in [0.15, 0.2) is 0 Å². The number of aryl methyl sites for hydroxylation is 1. The average Bonchev–Trinajstić information content (AvgIpc) is 2.72. The molecule has 150 valence electrons. The third-order valence-electron chi connectivity index (χ3n) is 5.30. The number of rotatable bonds is 6. The molecule has 2 aromatic carbocycles. The molecule has 0 aliphatic carbocycles. The molecule has 28 heavy (non-hydrogen) atoms. The van der Waals surface area contributed by atoms with Crippen LogP contribution in [0.5, 0.6) is 0 Å². The number of sulfonamides is 1. The molecular formula is C22H28N2O3S. The molecular weight excluding hydrogens is 372 g/mol.